The van der Waals surface area contributed by atoms with Gasteiger partial charge < -0.3 is 10.3 Å². The minimum atomic E-state index is 0.523. The zero-order chi connectivity index (χ0) is 14.8. The van der Waals surface area contributed by atoms with Crippen molar-refractivity contribution in [2.75, 3.05) is 20.6 Å². The average molecular weight is 285 g/mol. The predicted molar refractivity (Wildman–Crippen MR) is 85.7 cm³/mol. The predicted octanol–water partition coefficient (Wildman–Crippen LogP) is 2.00. The lowest BCUT2D eigenvalue weighted by atomic mass is 10.0. The van der Waals surface area contributed by atoms with Crippen molar-refractivity contribution in [1.29, 1.82) is 0 Å². The highest BCUT2D eigenvalue weighted by Gasteiger charge is 2.27. The number of hydrogen-bond donors (Lipinski definition) is 2. The molecule has 0 spiro atoms. The maximum Gasteiger partial charge on any atom is 0.154 e. The molecule has 2 aromatic heterocycles. The van der Waals surface area contributed by atoms with Gasteiger partial charge in [-0.25, -0.2) is 4.98 Å². The lowest BCUT2D eigenvalue weighted by molar-refractivity contribution is 0.503. The number of nitrogens with zero attached hydrogens (tertiary/aromatic N) is 3. The van der Waals surface area contributed by atoms with Crippen molar-refractivity contribution >= 4 is 16.9 Å². The van der Waals surface area contributed by atoms with E-state index in [1.807, 2.05) is 25.5 Å². The molecule has 2 atom stereocenters. The second-order valence-corrected chi connectivity index (χ2v) is 5.81. The molecule has 1 aliphatic carbocycles. The Balaban J connectivity index is 1.97. The Bertz CT molecular complexity index is 709. The molecule has 2 N–H and O–H groups in total. The van der Waals surface area contributed by atoms with E-state index in [0.29, 0.717) is 5.92 Å². The van der Waals surface area contributed by atoms with Crippen molar-refractivity contribution in [3.8, 4) is 0 Å². The third-order valence-corrected chi connectivity index (χ3v) is 4.50. The quantitative estimate of drug-likeness (QED) is 0.902. The van der Waals surface area contributed by atoms with Crippen LogP contribution in [0, 0.1) is 11.8 Å². The molecule has 5 nitrogen and oxygen atoms in total. The van der Waals surface area contributed by atoms with Crippen LogP contribution in [0.25, 0.3) is 16.9 Å². The number of H-pyrrole nitrogens is 1. The smallest absolute Gasteiger partial charge is 0.154 e. The summed E-state index contributed by atoms with van der Waals surface area (Å²) in [6.07, 6.45) is 7.40. The van der Waals surface area contributed by atoms with Crippen LogP contribution in [-0.2, 0) is 0 Å². The van der Waals surface area contributed by atoms with Crippen molar-refractivity contribution in [2.45, 2.75) is 19.3 Å². The Kier molecular flexibility index (Phi) is 3.92. The van der Waals surface area contributed by atoms with Crippen LogP contribution in [0.3, 0.4) is 0 Å². The molecule has 0 radical (unpaired) electrons. The van der Waals surface area contributed by atoms with E-state index in [1.165, 1.54) is 19.3 Å². The molecule has 21 heavy (non-hydrogen) atoms. The number of fused-ring (bicyclic) bond motifs is 1. The van der Waals surface area contributed by atoms with Crippen molar-refractivity contribution in [2.24, 2.45) is 16.8 Å². The number of nitrogens with one attached hydrogen (secondary N) is 2. The second-order valence-electron chi connectivity index (χ2n) is 5.81. The largest absolute Gasteiger partial charge is 0.345 e. The van der Waals surface area contributed by atoms with Gasteiger partial charge in [0.05, 0.1) is 11.7 Å². The molecule has 1 saturated carbocycles. The molecule has 0 saturated heterocycles. The van der Waals surface area contributed by atoms with Crippen LogP contribution in [0.5, 0.6) is 0 Å². The Hall–Kier alpha value is -1.88. The van der Waals surface area contributed by atoms with Crippen LogP contribution < -0.4 is 10.8 Å². The van der Waals surface area contributed by atoms with Gasteiger partial charge in [0.15, 0.2) is 11.1 Å². The van der Waals surface area contributed by atoms with Crippen LogP contribution in [0.2, 0.25) is 0 Å². The Morgan fingerprint density at radius 3 is 3.19 bits per heavy atom. The first kappa shape index (κ1) is 14.1. The van der Waals surface area contributed by atoms with Crippen LogP contribution in [0.1, 0.15) is 19.3 Å². The van der Waals surface area contributed by atoms with Crippen LogP contribution in [0.15, 0.2) is 30.0 Å². The van der Waals surface area contributed by atoms with E-state index in [4.69, 9.17) is 0 Å². The molecule has 1 unspecified atom stereocenters. The zero-order valence-corrected chi connectivity index (χ0v) is 12.8. The van der Waals surface area contributed by atoms with Crippen molar-refractivity contribution in [3.63, 3.8) is 0 Å². The molecule has 2 heterocycles. The maximum atomic E-state index is 4.40. The average Bonchev–Trinajstić information content (AvgIpc) is 3.14. The number of hydrogen-bond acceptors (Lipinski definition) is 3. The molecule has 0 bridgehead atoms. The van der Waals surface area contributed by atoms with Gasteiger partial charge in [-0.2, -0.15) is 0 Å². The van der Waals surface area contributed by atoms with Gasteiger partial charge in [-0.3, -0.25) is 9.56 Å². The van der Waals surface area contributed by atoms with Gasteiger partial charge in [0.25, 0.3) is 0 Å². The van der Waals surface area contributed by atoms with Gasteiger partial charge >= 0.3 is 0 Å². The first-order chi connectivity index (χ1) is 10.2. The van der Waals surface area contributed by atoms with Crippen LogP contribution >= 0.6 is 0 Å². The summed E-state index contributed by atoms with van der Waals surface area (Å²) in [5, 5.41) is 3.29. The van der Waals surface area contributed by atoms with Crippen molar-refractivity contribution in [1.82, 2.24) is 19.9 Å². The second kappa shape index (κ2) is 5.85. The molecule has 2 aromatic rings. The number of aromatic amines is 1. The van der Waals surface area contributed by atoms with Crippen molar-refractivity contribution < 1.29 is 0 Å². The molecular weight excluding hydrogens is 262 g/mol. The van der Waals surface area contributed by atoms with E-state index in [1.54, 1.807) is 7.05 Å². The topological polar surface area (TPSA) is 58.0 Å². The fraction of sp³-hybridized carbons (Fsp3) is 0.500. The molecular formula is C16H23N5. The zero-order valence-electron chi connectivity index (χ0n) is 12.8. The lowest BCUT2D eigenvalue weighted by Gasteiger charge is -2.18. The summed E-state index contributed by atoms with van der Waals surface area (Å²) in [7, 11) is 3.83. The highest BCUT2D eigenvalue weighted by molar-refractivity contribution is 5.75. The summed E-state index contributed by atoms with van der Waals surface area (Å²) in [5.41, 5.74) is 3.94. The first-order valence-electron chi connectivity index (χ1n) is 7.56. The van der Waals surface area contributed by atoms with Gasteiger partial charge in [-0.15, -0.1) is 0 Å². The lowest BCUT2D eigenvalue weighted by Crippen LogP contribution is -2.24. The summed E-state index contributed by atoms with van der Waals surface area (Å²) in [6.45, 7) is 5.47. The minimum absolute atomic E-state index is 0.523. The van der Waals surface area contributed by atoms with Crippen LogP contribution in [-0.4, -0.2) is 35.2 Å². The molecule has 0 amide bonds. The van der Waals surface area contributed by atoms with E-state index >= 15 is 0 Å². The summed E-state index contributed by atoms with van der Waals surface area (Å²) in [5.74, 6) is 1.28. The van der Waals surface area contributed by atoms with E-state index in [9.17, 15) is 0 Å². The molecule has 0 aromatic carbocycles. The van der Waals surface area contributed by atoms with Crippen LogP contribution in [0.4, 0.5) is 0 Å². The minimum Gasteiger partial charge on any atom is -0.345 e. The summed E-state index contributed by atoms with van der Waals surface area (Å²) in [4.78, 5) is 11.9. The van der Waals surface area contributed by atoms with E-state index in [-0.39, 0.29) is 0 Å². The third kappa shape index (κ3) is 2.53. The fourth-order valence-corrected chi connectivity index (χ4v) is 3.43. The van der Waals surface area contributed by atoms with Gasteiger partial charge in [-0.05, 0) is 50.8 Å². The molecule has 1 aliphatic rings. The van der Waals surface area contributed by atoms with Gasteiger partial charge in [0.1, 0.15) is 0 Å². The Morgan fingerprint density at radius 2 is 2.43 bits per heavy atom. The molecule has 112 valence electrons. The SMILES string of the molecule is C=C([C@@H]1CCC(CNC)C1)n1c(=NC)cnc2[nH]ccc21. The number of rotatable bonds is 4. The number of aromatic nitrogens is 3. The standard InChI is InChI=1S/C16H23N5/c1-11(13-5-4-12(8-13)9-17-2)21-14-6-7-19-16(14)20-10-15(21)18-3/h6-7,10,12-13,17,19H,1,4-5,8-9H2,2-3H3/t12?,13-/m1/s1. The third-order valence-electron chi connectivity index (χ3n) is 4.50. The first-order valence-corrected chi connectivity index (χ1v) is 7.56. The normalized spacial score (nSPS) is 23.0. The van der Waals surface area contributed by atoms with Gasteiger partial charge in [-0.1, -0.05) is 6.58 Å². The highest BCUT2D eigenvalue weighted by Crippen LogP contribution is 2.36. The highest BCUT2D eigenvalue weighted by atomic mass is 15.1. The molecule has 1 fully saturated rings. The molecule has 0 aliphatic heterocycles. The summed E-state index contributed by atoms with van der Waals surface area (Å²) < 4.78 is 2.16. The summed E-state index contributed by atoms with van der Waals surface area (Å²) in [6, 6.07) is 2.04. The molecule has 3 rings (SSSR count). The number of allylic oxidation sites excluding steroid dienone is 1. The molecule has 5 heteroatoms. The van der Waals surface area contributed by atoms with E-state index in [0.717, 1.165) is 34.8 Å². The van der Waals surface area contributed by atoms with Gasteiger partial charge in [0, 0.05) is 18.9 Å². The van der Waals surface area contributed by atoms with Crippen molar-refractivity contribution in [3.05, 3.63) is 30.5 Å². The van der Waals surface area contributed by atoms with E-state index < -0.39 is 0 Å². The van der Waals surface area contributed by atoms with Gasteiger partial charge in [0.2, 0.25) is 0 Å². The fourth-order valence-electron chi connectivity index (χ4n) is 3.43. The summed E-state index contributed by atoms with van der Waals surface area (Å²) >= 11 is 0. The Morgan fingerprint density at radius 1 is 1.57 bits per heavy atom. The Labute approximate surface area is 124 Å². The monoisotopic (exact) mass is 285 g/mol. The maximum absolute atomic E-state index is 4.40. The van der Waals surface area contributed by atoms with E-state index in [2.05, 4.69) is 31.4 Å².